The third kappa shape index (κ3) is 4.78. The van der Waals surface area contributed by atoms with Gasteiger partial charge in [0, 0.05) is 19.9 Å². The topological polar surface area (TPSA) is 75.4 Å². The number of nitrogens with zero attached hydrogens (tertiary/aromatic N) is 2. The smallest absolute Gasteiger partial charge is 0.244 e. The molecule has 8 heteroatoms. The molecule has 0 radical (unpaired) electrons. The van der Waals surface area contributed by atoms with Crippen LogP contribution in [0.2, 0.25) is 10.0 Å². The number of carbonyl (C=O) groups is 2. The lowest BCUT2D eigenvalue weighted by molar-refractivity contribution is -0.133. The number of aryl methyl sites for hydroxylation is 1. The first kappa shape index (κ1) is 19.2. The summed E-state index contributed by atoms with van der Waals surface area (Å²) in [4.78, 5) is 30.1. The van der Waals surface area contributed by atoms with Crippen LogP contribution in [-0.2, 0) is 16.0 Å². The number of benzene rings is 2. The van der Waals surface area contributed by atoms with Crippen molar-refractivity contribution in [3.05, 3.63) is 58.4 Å². The summed E-state index contributed by atoms with van der Waals surface area (Å²) in [6.07, 6.45) is 0.541. The van der Waals surface area contributed by atoms with E-state index in [0.29, 0.717) is 33.6 Å². The number of hydrogen-bond donors (Lipinski definition) is 1. The molecule has 0 aliphatic heterocycles. The van der Waals surface area contributed by atoms with Gasteiger partial charge in [-0.25, -0.2) is 4.98 Å². The van der Waals surface area contributed by atoms with Crippen LogP contribution in [0.25, 0.3) is 11.1 Å². The van der Waals surface area contributed by atoms with Crippen molar-refractivity contribution < 1.29 is 14.0 Å². The van der Waals surface area contributed by atoms with E-state index in [-0.39, 0.29) is 24.8 Å². The van der Waals surface area contributed by atoms with Crippen molar-refractivity contribution in [3.63, 3.8) is 0 Å². The molecule has 1 aromatic heterocycles. The Morgan fingerprint density at radius 1 is 1.11 bits per heavy atom. The summed E-state index contributed by atoms with van der Waals surface area (Å²) in [5.74, 6) is -0.0920. The standard InChI is InChI=1S/C19H17Cl2N3O3/c1-24(11-16(25)23-19-12(20)5-4-6-13(19)21)18(26)10-9-17-22-14-7-2-3-8-15(14)27-17/h2-8H,9-11H2,1H3,(H,23,25). The van der Waals surface area contributed by atoms with Crippen LogP contribution in [0.15, 0.2) is 46.9 Å². The number of fused-ring (bicyclic) bond motifs is 1. The molecule has 0 aliphatic rings. The number of carbonyl (C=O) groups excluding carboxylic acids is 2. The largest absolute Gasteiger partial charge is 0.441 e. The zero-order valence-electron chi connectivity index (χ0n) is 14.5. The van der Waals surface area contributed by atoms with Gasteiger partial charge in [0.15, 0.2) is 11.5 Å². The summed E-state index contributed by atoms with van der Waals surface area (Å²) >= 11 is 12.1. The van der Waals surface area contributed by atoms with Gasteiger partial charge in [-0.3, -0.25) is 9.59 Å². The minimum atomic E-state index is -0.386. The number of rotatable bonds is 6. The number of oxazole rings is 1. The van der Waals surface area contributed by atoms with E-state index in [4.69, 9.17) is 27.6 Å². The number of halogens is 2. The van der Waals surface area contributed by atoms with Crippen molar-refractivity contribution >= 4 is 51.8 Å². The average Bonchev–Trinajstić information content (AvgIpc) is 3.05. The molecule has 0 unspecified atom stereocenters. The summed E-state index contributed by atoms with van der Waals surface area (Å²) in [6.45, 7) is -0.117. The lowest BCUT2D eigenvalue weighted by atomic mass is 10.2. The first-order valence-electron chi connectivity index (χ1n) is 8.26. The van der Waals surface area contributed by atoms with Gasteiger partial charge in [0.2, 0.25) is 11.8 Å². The molecule has 3 aromatic rings. The number of hydrogen-bond acceptors (Lipinski definition) is 4. The van der Waals surface area contributed by atoms with E-state index in [9.17, 15) is 9.59 Å². The fourth-order valence-electron chi connectivity index (χ4n) is 2.53. The van der Waals surface area contributed by atoms with Crippen molar-refractivity contribution in [2.45, 2.75) is 12.8 Å². The van der Waals surface area contributed by atoms with E-state index in [1.165, 1.54) is 4.90 Å². The summed E-state index contributed by atoms with van der Waals surface area (Å²) in [6, 6.07) is 12.3. The number of nitrogens with one attached hydrogen (secondary N) is 1. The van der Waals surface area contributed by atoms with E-state index < -0.39 is 0 Å². The van der Waals surface area contributed by atoms with Gasteiger partial charge in [-0.05, 0) is 24.3 Å². The molecule has 2 aromatic carbocycles. The molecular formula is C19H17Cl2N3O3. The van der Waals surface area contributed by atoms with Crippen molar-refractivity contribution in [1.29, 1.82) is 0 Å². The molecule has 6 nitrogen and oxygen atoms in total. The molecule has 1 heterocycles. The Morgan fingerprint density at radius 2 is 1.81 bits per heavy atom. The summed E-state index contributed by atoms with van der Waals surface area (Å²) < 4.78 is 5.59. The maximum absolute atomic E-state index is 12.3. The van der Waals surface area contributed by atoms with Crippen LogP contribution < -0.4 is 5.32 Å². The van der Waals surface area contributed by atoms with Gasteiger partial charge < -0.3 is 14.6 Å². The van der Waals surface area contributed by atoms with Gasteiger partial charge >= 0.3 is 0 Å². The fraction of sp³-hybridized carbons (Fsp3) is 0.211. The maximum atomic E-state index is 12.3. The molecule has 140 valence electrons. The number of anilines is 1. The second-order valence-corrected chi connectivity index (χ2v) is 6.78. The highest BCUT2D eigenvalue weighted by molar-refractivity contribution is 6.39. The second kappa shape index (κ2) is 8.41. The summed E-state index contributed by atoms with van der Waals surface area (Å²) in [5.41, 5.74) is 1.77. The monoisotopic (exact) mass is 405 g/mol. The Balaban J connectivity index is 1.53. The number of para-hydroxylation sites is 3. The molecule has 3 rings (SSSR count). The Kier molecular flexibility index (Phi) is 5.98. The van der Waals surface area contributed by atoms with Crippen LogP contribution in [0, 0.1) is 0 Å². The van der Waals surface area contributed by atoms with Gasteiger partial charge in [0.05, 0.1) is 22.3 Å². The quantitative estimate of drug-likeness (QED) is 0.667. The fourth-order valence-corrected chi connectivity index (χ4v) is 3.02. The van der Waals surface area contributed by atoms with E-state index in [1.807, 2.05) is 24.3 Å². The Bertz CT molecular complexity index is 934. The number of amides is 2. The third-order valence-electron chi connectivity index (χ3n) is 3.92. The number of likely N-dealkylation sites (N-methyl/N-ethyl adjacent to an activating group) is 1. The normalized spacial score (nSPS) is 10.8. The van der Waals surface area contributed by atoms with Crippen LogP contribution in [0.1, 0.15) is 12.3 Å². The lowest BCUT2D eigenvalue weighted by Crippen LogP contribution is -2.35. The van der Waals surface area contributed by atoms with Crippen molar-refractivity contribution in [1.82, 2.24) is 9.88 Å². The third-order valence-corrected chi connectivity index (χ3v) is 4.55. The van der Waals surface area contributed by atoms with Crippen LogP contribution >= 0.6 is 23.2 Å². The maximum Gasteiger partial charge on any atom is 0.244 e. The summed E-state index contributed by atoms with van der Waals surface area (Å²) in [5, 5.41) is 3.30. The summed E-state index contributed by atoms with van der Waals surface area (Å²) in [7, 11) is 1.56. The molecule has 0 saturated heterocycles. The molecule has 1 N–H and O–H groups in total. The van der Waals surface area contributed by atoms with Crippen LogP contribution in [0.4, 0.5) is 5.69 Å². The van der Waals surface area contributed by atoms with Crippen molar-refractivity contribution in [3.8, 4) is 0 Å². The highest BCUT2D eigenvalue weighted by Crippen LogP contribution is 2.29. The van der Waals surface area contributed by atoms with E-state index in [2.05, 4.69) is 10.3 Å². The average molecular weight is 406 g/mol. The van der Waals surface area contributed by atoms with Gasteiger partial charge in [0.1, 0.15) is 5.52 Å². The molecule has 0 atom stereocenters. The van der Waals surface area contributed by atoms with E-state index in [1.54, 1.807) is 25.2 Å². The Hall–Kier alpha value is -2.57. The predicted octanol–water partition coefficient (Wildman–Crippen LogP) is 4.16. The Labute approximate surface area is 166 Å². The SMILES string of the molecule is CN(CC(=O)Nc1c(Cl)cccc1Cl)C(=O)CCc1nc2ccccc2o1. The number of aromatic nitrogens is 1. The predicted molar refractivity (Wildman–Crippen MR) is 105 cm³/mol. The van der Waals surface area contributed by atoms with Crippen molar-refractivity contribution in [2.24, 2.45) is 0 Å². The van der Waals surface area contributed by atoms with Gasteiger partial charge in [-0.1, -0.05) is 41.4 Å². The molecule has 27 heavy (non-hydrogen) atoms. The van der Waals surface area contributed by atoms with Gasteiger partial charge in [-0.2, -0.15) is 0 Å². The first-order valence-corrected chi connectivity index (χ1v) is 9.02. The van der Waals surface area contributed by atoms with Crippen molar-refractivity contribution in [2.75, 3.05) is 18.9 Å². The van der Waals surface area contributed by atoms with Crippen LogP contribution in [0.3, 0.4) is 0 Å². The van der Waals surface area contributed by atoms with E-state index >= 15 is 0 Å². The molecule has 2 amide bonds. The molecular weight excluding hydrogens is 389 g/mol. The minimum Gasteiger partial charge on any atom is -0.441 e. The van der Waals surface area contributed by atoms with E-state index in [0.717, 1.165) is 5.52 Å². The van der Waals surface area contributed by atoms with Crippen LogP contribution in [0.5, 0.6) is 0 Å². The molecule has 0 spiro atoms. The molecule has 0 saturated carbocycles. The Morgan fingerprint density at radius 3 is 2.52 bits per heavy atom. The highest BCUT2D eigenvalue weighted by Gasteiger charge is 2.16. The second-order valence-electron chi connectivity index (χ2n) is 5.97. The highest BCUT2D eigenvalue weighted by atomic mass is 35.5. The zero-order valence-corrected chi connectivity index (χ0v) is 16.0. The minimum absolute atomic E-state index is 0.117. The lowest BCUT2D eigenvalue weighted by Gasteiger charge is -2.17. The molecule has 0 bridgehead atoms. The van der Waals surface area contributed by atoms with Gasteiger partial charge in [0.25, 0.3) is 0 Å². The van der Waals surface area contributed by atoms with Crippen LogP contribution in [-0.4, -0.2) is 35.3 Å². The molecule has 0 aliphatic carbocycles. The molecule has 0 fully saturated rings. The zero-order chi connectivity index (χ0) is 19.4. The first-order chi connectivity index (χ1) is 12.9. The van der Waals surface area contributed by atoms with Gasteiger partial charge in [-0.15, -0.1) is 0 Å².